The van der Waals surface area contributed by atoms with Crippen molar-refractivity contribution in [1.82, 2.24) is 0 Å². The van der Waals surface area contributed by atoms with E-state index in [0.29, 0.717) is 15.5 Å². The van der Waals surface area contributed by atoms with Crippen molar-refractivity contribution in [3.8, 4) is 0 Å². The van der Waals surface area contributed by atoms with E-state index in [2.05, 4.69) is 0 Å². The quantitative estimate of drug-likeness (QED) is 0.763. The van der Waals surface area contributed by atoms with Gasteiger partial charge in [-0.1, -0.05) is 23.2 Å². The number of rotatable bonds is 3. The second-order valence-electron chi connectivity index (χ2n) is 7.80. The fourth-order valence-electron chi connectivity index (χ4n) is 5.83. The first-order valence-corrected chi connectivity index (χ1v) is 8.92. The number of hydrogen-bond acceptors (Lipinski definition) is 1. The van der Waals surface area contributed by atoms with Gasteiger partial charge in [-0.2, -0.15) is 0 Å². The Morgan fingerprint density at radius 3 is 2.19 bits per heavy atom. The smallest absolute Gasteiger partial charge is 0.0810 e. The molecule has 3 heteroatoms. The van der Waals surface area contributed by atoms with Crippen LogP contribution in [0.15, 0.2) is 18.2 Å². The maximum atomic E-state index is 10.7. The monoisotopic (exact) mass is 324 g/mol. The van der Waals surface area contributed by atoms with E-state index in [4.69, 9.17) is 23.2 Å². The van der Waals surface area contributed by atoms with Crippen LogP contribution < -0.4 is 0 Å². The molecule has 4 fully saturated rings. The highest BCUT2D eigenvalue weighted by atomic mass is 35.5. The lowest BCUT2D eigenvalue weighted by atomic mass is 9.48. The minimum Gasteiger partial charge on any atom is -0.388 e. The Morgan fingerprint density at radius 2 is 1.62 bits per heavy atom. The minimum absolute atomic E-state index is 0.361. The number of hydrogen-bond donors (Lipinski definition) is 1. The Hall–Kier alpha value is -0.240. The number of halogens is 2. The molecule has 0 aromatic heterocycles. The average Bonchev–Trinajstić information content (AvgIpc) is 2.39. The summed E-state index contributed by atoms with van der Waals surface area (Å²) in [5.74, 6) is 2.75. The molecule has 21 heavy (non-hydrogen) atoms. The molecule has 4 saturated carbocycles. The van der Waals surface area contributed by atoms with E-state index in [1.807, 2.05) is 6.07 Å². The van der Waals surface area contributed by atoms with Gasteiger partial charge in [0.1, 0.15) is 0 Å². The summed E-state index contributed by atoms with van der Waals surface area (Å²) in [4.78, 5) is 0. The van der Waals surface area contributed by atoms with E-state index >= 15 is 0 Å². The van der Waals surface area contributed by atoms with Crippen LogP contribution in [0.5, 0.6) is 0 Å². The first-order valence-electron chi connectivity index (χ1n) is 8.16. The number of benzene rings is 1. The zero-order chi connectivity index (χ0) is 14.6. The predicted octanol–water partition coefficient (Wildman–Crippen LogP) is 5.63. The molecular formula is C18H22Cl2O. The fraction of sp³-hybridized carbons (Fsp3) is 0.667. The SMILES string of the molecule is OC(CC12CC3CC(CC(C3)C1)C2)c1cc(Cl)ccc1Cl. The molecule has 0 aliphatic heterocycles. The van der Waals surface area contributed by atoms with Crippen LogP contribution in [0.3, 0.4) is 0 Å². The van der Waals surface area contributed by atoms with Crippen molar-refractivity contribution in [2.45, 2.75) is 51.0 Å². The van der Waals surface area contributed by atoms with E-state index < -0.39 is 6.10 Å². The highest BCUT2D eigenvalue weighted by Crippen LogP contribution is 2.62. The molecule has 1 aromatic rings. The van der Waals surface area contributed by atoms with Crippen LogP contribution in [0.4, 0.5) is 0 Å². The lowest BCUT2D eigenvalue weighted by Gasteiger charge is -2.57. The highest BCUT2D eigenvalue weighted by molar-refractivity contribution is 6.33. The van der Waals surface area contributed by atoms with Gasteiger partial charge in [0.2, 0.25) is 0 Å². The van der Waals surface area contributed by atoms with Gasteiger partial charge in [-0.3, -0.25) is 0 Å². The second kappa shape index (κ2) is 5.15. The van der Waals surface area contributed by atoms with Crippen molar-refractivity contribution in [2.75, 3.05) is 0 Å². The Labute approximate surface area is 136 Å². The second-order valence-corrected chi connectivity index (χ2v) is 8.65. The van der Waals surface area contributed by atoms with Gasteiger partial charge in [0.05, 0.1) is 6.10 Å². The summed E-state index contributed by atoms with van der Waals surface area (Å²) in [5.41, 5.74) is 1.17. The van der Waals surface area contributed by atoms with Crippen LogP contribution >= 0.6 is 23.2 Å². The fourth-order valence-corrected chi connectivity index (χ4v) is 6.25. The lowest BCUT2D eigenvalue weighted by Crippen LogP contribution is -2.46. The third kappa shape index (κ3) is 2.62. The van der Waals surface area contributed by atoms with Gasteiger partial charge in [-0.05, 0) is 86.3 Å². The molecule has 1 nitrogen and oxygen atoms in total. The Kier molecular flexibility index (Phi) is 3.52. The summed E-state index contributed by atoms with van der Waals surface area (Å²) < 4.78 is 0. The number of aliphatic hydroxyl groups is 1. The molecule has 1 atom stereocenters. The zero-order valence-corrected chi connectivity index (χ0v) is 13.7. The van der Waals surface area contributed by atoms with Crippen LogP contribution in [-0.4, -0.2) is 5.11 Å². The molecule has 1 N–H and O–H groups in total. The van der Waals surface area contributed by atoms with Gasteiger partial charge in [-0.25, -0.2) is 0 Å². The van der Waals surface area contributed by atoms with Crippen molar-refractivity contribution in [1.29, 1.82) is 0 Å². The third-order valence-electron chi connectivity index (χ3n) is 6.11. The summed E-state index contributed by atoms with van der Waals surface area (Å²) in [5, 5.41) is 12.0. The van der Waals surface area contributed by atoms with Gasteiger partial charge < -0.3 is 5.11 Å². The zero-order valence-electron chi connectivity index (χ0n) is 12.2. The average molecular weight is 325 g/mol. The molecule has 114 valence electrons. The van der Waals surface area contributed by atoms with Gasteiger partial charge >= 0.3 is 0 Å². The summed E-state index contributed by atoms with van der Waals surface area (Å²) in [7, 11) is 0. The first kappa shape index (κ1) is 14.4. The molecule has 0 amide bonds. The maximum absolute atomic E-state index is 10.7. The molecule has 4 aliphatic carbocycles. The summed E-state index contributed by atoms with van der Waals surface area (Å²) in [6, 6.07) is 5.40. The van der Waals surface area contributed by atoms with Crippen molar-refractivity contribution in [3.05, 3.63) is 33.8 Å². The van der Waals surface area contributed by atoms with E-state index in [0.717, 1.165) is 29.7 Å². The van der Waals surface area contributed by atoms with Crippen LogP contribution in [0.25, 0.3) is 0 Å². The first-order chi connectivity index (χ1) is 10.0. The van der Waals surface area contributed by atoms with Crippen LogP contribution in [0.2, 0.25) is 10.0 Å². The lowest BCUT2D eigenvalue weighted by molar-refractivity contribution is -0.0764. The van der Waals surface area contributed by atoms with Gasteiger partial charge in [0.15, 0.2) is 0 Å². The molecule has 0 saturated heterocycles. The summed E-state index contributed by atoms with van der Waals surface area (Å²) >= 11 is 12.3. The predicted molar refractivity (Wildman–Crippen MR) is 86.6 cm³/mol. The third-order valence-corrected chi connectivity index (χ3v) is 6.69. The Morgan fingerprint density at radius 1 is 1.05 bits per heavy atom. The summed E-state index contributed by atoms with van der Waals surface area (Å²) in [6.07, 6.45) is 8.63. The van der Waals surface area contributed by atoms with Crippen molar-refractivity contribution < 1.29 is 5.11 Å². The van der Waals surface area contributed by atoms with Crippen molar-refractivity contribution >= 4 is 23.2 Å². The van der Waals surface area contributed by atoms with E-state index in [9.17, 15) is 5.11 Å². The Balaban J connectivity index is 1.56. The molecule has 1 aromatic carbocycles. The van der Waals surface area contributed by atoms with Crippen LogP contribution in [0.1, 0.15) is 56.6 Å². The molecule has 0 radical (unpaired) electrons. The topological polar surface area (TPSA) is 20.2 Å². The van der Waals surface area contributed by atoms with E-state index in [-0.39, 0.29) is 0 Å². The summed E-state index contributed by atoms with van der Waals surface area (Å²) in [6.45, 7) is 0. The standard InChI is InChI=1S/C18H22Cl2O/c19-14-1-2-16(20)15(6-14)17(21)10-18-7-11-3-12(8-18)5-13(4-11)9-18/h1-2,6,11-13,17,21H,3-5,7-10H2. The van der Waals surface area contributed by atoms with Gasteiger partial charge in [0, 0.05) is 15.6 Å². The van der Waals surface area contributed by atoms with Gasteiger partial charge in [-0.15, -0.1) is 0 Å². The molecule has 1 unspecified atom stereocenters. The van der Waals surface area contributed by atoms with Crippen LogP contribution in [-0.2, 0) is 0 Å². The van der Waals surface area contributed by atoms with Crippen molar-refractivity contribution in [3.63, 3.8) is 0 Å². The molecular weight excluding hydrogens is 303 g/mol. The highest BCUT2D eigenvalue weighted by Gasteiger charge is 2.51. The van der Waals surface area contributed by atoms with Gasteiger partial charge in [0.25, 0.3) is 0 Å². The molecule has 5 rings (SSSR count). The minimum atomic E-state index is -0.479. The molecule has 0 spiro atoms. The van der Waals surface area contributed by atoms with Crippen LogP contribution in [0, 0.1) is 23.2 Å². The molecule has 0 heterocycles. The molecule has 4 bridgehead atoms. The molecule has 4 aliphatic rings. The Bertz CT molecular complexity index is 519. The normalized spacial score (nSPS) is 38.7. The van der Waals surface area contributed by atoms with E-state index in [1.54, 1.807) is 12.1 Å². The van der Waals surface area contributed by atoms with E-state index in [1.165, 1.54) is 38.5 Å². The largest absolute Gasteiger partial charge is 0.388 e. The number of aliphatic hydroxyl groups excluding tert-OH is 1. The van der Waals surface area contributed by atoms with Crippen molar-refractivity contribution in [2.24, 2.45) is 23.2 Å². The maximum Gasteiger partial charge on any atom is 0.0810 e.